The maximum absolute atomic E-state index is 11.5. The van der Waals surface area contributed by atoms with Gasteiger partial charge in [-0.15, -0.1) is 0 Å². The molecule has 2 amide bonds. The first-order valence-electron chi connectivity index (χ1n) is 6.61. The first-order valence-corrected chi connectivity index (χ1v) is 6.61. The van der Waals surface area contributed by atoms with Gasteiger partial charge in [0.25, 0.3) is 0 Å². The van der Waals surface area contributed by atoms with Crippen molar-refractivity contribution in [1.29, 1.82) is 0 Å². The Morgan fingerprint density at radius 2 is 1.72 bits per heavy atom. The molecule has 18 heavy (non-hydrogen) atoms. The van der Waals surface area contributed by atoms with Crippen molar-refractivity contribution in [3.8, 4) is 0 Å². The van der Waals surface area contributed by atoms with Crippen LogP contribution in [0.4, 0.5) is 4.79 Å². The molecular formula is C13H26N2O3. The Balaban J connectivity index is 3.79. The third-order valence-corrected chi connectivity index (χ3v) is 2.71. The van der Waals surface area contributed by atoms with E-state index < -0.39 is 18.0 Å². The van der Waals surface area contributed by atoms with E-state index in [0.717, 1.165) is 19.3 Å². The predicted molar refractivity (Wildman–Crippen MR) is 71.5 cm³/mol. The van der Waals surface area contributed by atoms with E-state index in [1.807, 2.05) is 0 Å². The number of urea groups is 1. The van der Waals surface area contributed by atoms with Crippen LogP contribution >= 0.6 is 0 Å². The molecule has 0 aliphatic heterocycles. The summed E-state index contributed by atoms with van der Waals surface area (Å²) in [5.74, 6) is -0.453. The number of amides is 2. The number of unbranched alkanes of at least 4 members (excludes halogenated alkanes) is 1. The molecule has 0 saturated carbocycles. The monoisotopic (exact) mass is 258 g/mol. The van der Waals surface area contributed by atoms with Crippen molar-refractivity contribution in [1.82, 2.24) is 10.6 Å². The van der Waals surface area contributed by atoms with Crippen LogP contribution in [0, 0.1) is 11.8 Å². The number of carboxylic acids is 1. The van der Waals surface area contributed by atoms with Gasteiger partial charge in [-0.3, -0.25) is 0 Å². The maximum Gasteiger partial charge on any atom is 0.326 e. The van der Waals surface area contributed by atoms with Crippen molar-refractivity contribution in [3.05, 3.63) is 0 Å². The third kappa shape index (κ3) is 7.92. The molecule has 1 atom stereocenters. The van der Waals surface area contributed by atoms with Gasteiger partial charge < -0.3 is 15.7 Å². The van der Waals surface area contributed by atoms with Gasteiger partial charge >= 0.3 is 12.0 Å². The molecule has 0 radical (unpaired) electrons. The van der Waals surface area contributed by atoms with E-state index in [1.54, 1.807) is 13.8 Å². The maximum atomic E-state index is 11.5. The van der Waals surface area contributed by atoms with Gasteiger partial charge in [-0.1, -0.05) is 40.5 Å². The average Bonchev–Trinajstić information content (AvgIpc) is 2.24. The highest BCUT2D eigenvalue weighted by Gasteiger charge is 2.22. The van der Waals surface area contributed by atoms with E-state index >= 15 is 0 Å². The summed E-state index contributed by atoms with van der Waals surface area (Å²) in [6.45, 7) is 8.45. The van der Waals surface area contributed by atoms with Crippen LogP contribution in [0.2, 0.25) is 0 Å². The number of carbonyl (C=O) groups is 2. The summed E-state index contributed by atoms with van der Waals surface area (Å²) in [6.07, 6.45) is 3.14. The first-order chi connectivity index (χ1) is 8.34. The SMILES string of the molecule is CC(C)CCCCNC(=O)N[C@H](C(=O)O)C(C)C. The van der Waals surface area contributed by atoms with Crippen molar-refractivity contribution in [2.24, 2.45) is 11.8 Å². The zero-order valence-electron chi connectivity index (χ0n) is 11.8. The predicted octanol–water partition coefficient (Wildman–Crippen LogP) is 2.22. The number of rotatable bonds is 8. The Labute approximate surface area is 109 Å². The minimum Gasteiger partial charge on any atom is -0.480 e. The number of hydrogen-bond donors (Lipinski definition) is 3. The van der Waals surface area contributed by atoms with Gasteiger partial charge in [0.2, 0.25) is 0 Å². The molecule has 0 aromatic rings. The summed E-state index contributed by atoms with van der Waals surface area (Å²) in [5.41, 5.74) is 0. The molecule has 0 fully saturated rings. The molecule has 5 nitrogen and oxygen atoms in total. The van der Waals surface area contributed by atoms with Crippen molar-refractivity contribution in [3.63, 3.8) is 0 Å². The highest BCUT2D eigenvalue weighted by Crippen LogP contribution is 2.05. The Kier molecular flexibility index (Phi) is 8.16. The topological polar surface area (TPSA) is 78.4 Å². The number of aliphatic carboxylic acids is 1. The fraction of sp³-hybridized carbons (Fsp3) is 0.846. The lowest BCUT2D eigenvalue weighted by atomic mass is 10.1. The highest BCUT2D eigenvalue weighted by atomic mass is 16.4. The van der Waals surface area contributed by atoms with Gasteiger partial charge in [0.15, 0.2) is 0 Å². The van der Waals surface area contributed by atoms with E-state index in [4.69, 9.17) is 5.11 Å². The molecule has 0 unspecified atom stereocenters. The zero-order valence-corrected chi connectivity index (χ0v) is 11.8. The lowest BCUT2D eigenvalue weighted by Crippen LogP contribution is -2.48. The van der Waals surface area contributed by atoms with Crippen molar-refractivity contribution >= 4 is 12.0 Å². The summed E-state index contributed by atoms with van der Waals surface area (Å²) in [5, 5.41) is 14.1. The molecule has 5 heteroatoms. The van der Waals surface area contributed by atoms with E-state index in [0.29, 0.717) is 12.5 Å². The normalized spacial score (nSPS) is 12.6. The quantitative estimate of drug-likeness (QED) is 0.584. The molecule has 0 bridgehead atoms. The smallest absolute Gasteiger partial charge is 0.326 e. The number of carbonyl (C=O) groups excluding carboxylic acids is 1. The van der Waals surface area contributed by atoms with Crippen molar-refractivity contribution < 1.29 is 14.7 Å². The summed E-state index contributed by atoms with van der Waals surface area (Å²) >= 11 is 0. The molecule has 0 heterocycles. The Hall–Kier alpha value is -1.26. The van der Waals surface area contributed by atoms with Crippen LogP contribution in [0.5, 0.6) is 0 Å². The van der Waals surface area contributed by atoms with Crippen molar-refractivity contribution in [2.75, 3.05) is 6.54 Å². The fourth-order valence-electron chi connectivity index (χ4n) is 1.59. The molecule has 0 rings (SSSR count). The van der Waals surface area contributed by atoms with Crippen LogP contribution in [0.15, 0.2) is 0 Å². The summed E-state index contributed by atoms with van der Waals surface area (Å²) in [7, 11) is 0. The fourth-order valence-corrected chi connectivity index (χ4v) is 1.59. The molecule has 0 aliphatic rings. The van der Waals surface area contributed by atoms with E-state index in [1.165, 1.54) is 0 Å². The molecule has 0 saturated heterocycles. The Morgan fingerprint density at radius 3 is 2.17 bits per heavy atom. The van der Waals surface area contributed by atoms with Gasteiger partial charge in [-0.05, 0) is 18.3 Å². The number of carboxylic acid groups (broad SMARTS) is 1. The second kappa shape index (κ2) is 8.78. The molecule has 0 spiro atoms. The van der Waals surface area contributed by atoms with Gasteiger partial charge in [0.05, 0.1) is 0 Å². The second-order valence-electron chi connectivity index (χ2n) is 5.35. The molecular weight excluding hydrogens is 232 g/mol. The minimum atomic E-state index is -1.00. The van der Waals surface area contributed by atoms with Crippen LogP contribution < -0.4 is 10.6 Å². The first kappa shape index (κ1) is 16.7. The van der Waals surface area contributed by atoms with E-state index in [9.17, 15) is 9.59 Å². The second-order valence-corrected chi connectivity index (χ2v) is 5.35. The molecule has 0 aromatic heterocycles. The Morgan fingerprint density at radius 1 is 1.11 bits per heavy atom. The van der Waals surface area contributed by atoms with Crippen LogP contribution in [-0.2, 0) is 4.79 Å². The van der Waals surface area contributed by atoms with Gasteiger partial charge in [-0.25, -0.2) is 9.59 Å². The summed E-state index contributed by atoms with van der Waals surface area (Å²) in [4.78, 5) is 22.4. The summed E-state index contributed by atoms with van der Waals surface area (Å²) < 4.78 is 0. The third-order valence-electron chi connectivity index (χ3n) is 2.71. The van der Waals surface area contributed by atoms with Crippen LogP contribution in [0.25, 0.3) is 0 Å². The average molecular weight is 258 g/mol. The van der Waals surface area contributed by atoms with Crippen LogP contribution in [0.3, 0.4) is 0 Å². The van der Waals surface area contributed by atoms with E-state index in [-0.39, 0.29) is 5.92 Å². The summed E-state index contributed by atoms with van der Waals surface area (Å²) in [6, 6.07) is -1.23. The minimum absolute atomic E-state index is 0.130. The molecule has 0 aliphatic carbocycles. The van der Waals surface area contributed by atoms with Crippen LogP contribution in [-0.4, -0.2) is 29.7 Å². The largest absolute Gasteiger partial charge is 0.480 e. The van der Waals surface area contributed by atoms with Gasteiger partial charge in [0.1, 0.15) is 6.04 Å². The van der Waals surface area contributed by atoms with Crippen molar-refractivity contribution in [2.45, 2.75) is 53.0 Å². The molecule has 106 valence electrons. The molecule has 0 aromatic carbocycles. The van der Waals surface area contributed by atoms with Gasteiger partial charge in [0, 0.05) is 6.54 Å². The van der Waals surface area contributed by atoms with E-state index in [2.05, 4.69) is 24.5 Å². The Bertz CT molecular complexity index is 265. The lowest BCUT2D eigenvalue weighted by Gasteiger charge is -2.18. The number of hydrogen-bond acceptors (Lipinski definition) is 2. The number of nitrogens with one attached hydrogen (secondary N) is 2. The highest BCUT2D eigenvalue weighted by molar-refractivity contribution is 5.82. The zero-order chi connectivity index (χ0) is 14.1. The van der Waals surface area contributed by atoms with Gasteiger partial charge in [-0.2, -0.15) is 0 Å². The van der Waals surface area contributed by atoms with Crippen LogP contribution in [0.1, 0.15) is 47.0 Å². The lowest BCUT2D eigenvalue weighted by molar-refractivity contribution is -0.140. The molecule has 3 N–H and O–H groups in total. The standard InChI is InChI=1S/C13H26N2O3/c1-9(2)7-5-6-8-14-13(18)15-11(10(3)4)12(16)17/h9-11H,5-8H2,1-4H3,(H,16,17)(H2,14,15,18)/t11-/m0/s1.